The predicted molar refractivity (Wildman–Crippen MR) is 74.0 cm³/mol. The van der Waals surface area contributed by atoms with Crippen LogP contribution in [0.4, 0.5) is 5.69 Å². The second-order valence-electron chi connectivity index (χ2n) is 4.51. The molecule has 1 aromatic heterocycles. The highest BCUT2D eigenvalue weighted by molar-refractivity contribution is 6.32. The molecule has 0 saturated carbocycles. The van der Waals surface area contributed by atoms with Gasteiger partial charge in [0.1, 0.15) is 5.69 Å². The van der Waals surface area contributed by atoms with Gasteiger partial charge >= 0.3 is 5.69 Å². The Morgan fingerprint density at radius 2 is 2.20 bits per heavy atom. The van der Waals surface area contributed by atoms with E-state index in [9.17, 15) is 10.1 Å². The summed E-state index contributed by atoms with van der Waals surface area (Å²) in [7, 11) is 0. The maximum Gasteiger partial charge on any atom is 0.329 e. The fourth-order valence-electron chi connectivity index (χ4n) is 1.84. The minimum atomic E-state index is -0.532. The molecule has 6 nitrogen and oxygen atoms in total. The first-order chi connectivity index (χ1) is 9.45. The highest BCUT2D eigenvalue weighted by Gasteiger charge is 2.28. The summed E-state index contributed by atoms with van der Waals surface area (Å²) in [5.41, 5.74) is 1.08. The van der Waals surface area contributed by atoms with Gasteiger partial charge in [0.25, 0.3) is 0 Å². The van der Waals surface area contributed by atoms with E-state index in [2.05, 4.69) is 5.10 Å². The third kappa shape index (κ3) is 2.36. The summed E-state index contributed by atoms with van der Waals surface area (Å²) in [5.74, 6) is -0.131. The fraction of sp³-hybridized carbons (Fsp3) is 0.231. The van der Waals surface area contributed by atoms with E-state index in [1.807, 2.05) is 19.9 Å². The van der Waals surface area contributed by atoms with Crippen LogP contribution in [-0.4, -0.2) is 14.7 Å². The lowest BCUT2D eigenvalue weighted by atomic mass is 10.1. The van der Waals surface area contributed by atoms with Crippen LogP contribution in [0.2, 0.25) is 5.15 Å². The number of benzene rings is 1. The topological polar surface area (TPSA) is 84.8 Å². The van der Waals surface area contributed by atoms with Gasteiger partial charge in [-0.15, -0.1) is 0 Å². The molecule has 0 saturated heterocycles. The van der Waals surface area contributed by atoms with E-state index in [1.165, 1.54) is 4.68 Å². The third-order valence-corrected chi connectivity index (χ3v) is 3.12. The second kappa shape index (κ2) is 5.31. The molecular weight excluding hydrogens is 280 g/mol. The third-order valence-electron chi connectivity index (χ3n) is 2.78. The zero-order chi connectivity index (χ0) is 14.9. The summed E-state index contributed by atoms with van der Waals surface area (Å²) in [5, 5.41) is 24.2. The lowest BCUT2D eigenvalue weighted by Crippen LogP contribution is -1.98. The smallest absolute Gasteiger partial charge is 0.258 e. The van der Waals surface area contributed by atoms with Gasteiger partial charge in [0.05, 0.1) is 22.2 Å². The normalized spacial score (nSPS) is 10.6. The van der Waals surface area contributed by atoms with Crippen molar-refractivity contribution >= 4 is 17.3 Å². The van der Waals surface area contributed by atoms with E-state index in [-0.39, 0.29) is 16.8 Å². The number of nitrogens with zero attached hydrogens (tertiary/aromatic N) is 4. The molecule has 0 bridgehead atoms. The molecule has 2 rings (SSSR count). The van der Waals surface area contributed by atoms with Crippen LogP contribution >= 0.6 is 11.6 Å². The Morgan fingerprint density at radius 1 is 1.50 bits per heavy atom. The van der Waals surface area contributed by atoms with Crippen LogP contribution in [0.25, 0.3) is 5.69 Å². The Labute approximate surface area is 120 Å². The predicted octanol–water partition coefficient (Wildman–Crippen LogP) is 3.43. The molecule has 1 heterocycles. The molecule has 7 heteroatoms. The van der Waals surface area contributed by atoms with Gasteiger partial charge < -0.3 is 0 Å². The van der Waals surface area contributed by atoms with Gasteiger partial charge in [-0.1, -0.05) is 31.5 Å². The van der Waals surface area contributed by atoms with Crippen LogP contribution in [0, 0.1) is 21.4 Å². The summed E-state index contributed by atoms with van der Waals surface area (Å²) in [6, 6.07) is 8.58. The maximum atomic E-state index is 11.1. The summed E-state index contributed by atoms with van der Waals surface area (Å²) in [6.07, 6.45) is 0. The van der Waals surface area contributed by atoms with Crippen molar-refractivity contribution in [1.82, 2.24) is 9.78 Å². The van der Waals surface area contributed by atoms with Crippen LogP contribution in [0.3, 0.4) is 0 Å². The number of aromatic nitrogens is 2. The van der Waals surface area contributed by atoms with Crippen molar-refractivity contribution < 1.29 is 4.92 Å². The summed E-state index contributed by atoms with van der Waals surface area (Å²) in [4.78, 5) is 10.6. The molecule has 0 aliphatic rings. The van der Waals surface area contributed by atoms with E-state index in [4.69, 9.17) is 16.9 Å². The number of halogens is 1. The lowest BCUT2D eigenvalue weighted by molar-refractivity contribution is -0.385. The first-order valence-electron chi connectivity index (χ1n) is 5.89. The average molecular weight is 291 g/mol. The first-order valence-corrected chi connectivity index (χ1v) is 6.26. The molecular formula is C13H11ClN4O2. The Kier molecular flexibility index (Phi) is 3.72. The van der Waals surface area contributed by atoms with Gasteiger partial charge in [-0.05, 0) is 18.2 Å². The second-order valence-corrected chi connectivity index (χ2v) is 4.87. The highest BCUT2D eigenvalue weighted by Crippen LogP contribution is 2.34. The molecule has 0 radical (unpaired) electrons. The Hall–Kier alpha value is -2.39. The average Bonchev–Trinajstić information content (AvgIpc) is 2.77. The SMILES string of the molecule is CC(C)c1nn(-c2cccc(C#N)c2)c(Cl)c1[N+](=O)[O-]. The summed E-state index contributed by atoms with van der Waals surface area (Å²) >= 11 is 6.07. The quantitative estimate of drug-likeness (QED) is 0.640. The minimum Gasteiger partial charge on any atom is -0.258 e. The Balaban J connectivity index is 2.66. The number of hydrogen-bond donors (Lipinski definition) is 0. The molecule has 1 aromatic carbocycles. The molecule has 0 atom stereocenters. The van der Waals surface area contributed by atoms with Gasteiger partial charge in [0, 0.05) is 5.92 Å². The van der Waals surface area contributed by atoms with E-state index >= 15 is 0 Å². The highest BCUT2D eigenvalue weighted by atomic mass is 35.5. The zero-order valence-electron chi connectivity index (χ0n) is 10.9. The lowest BCUT2D eigenvalue weighted by Gasteiger charge is -2.02. The fourth-order valence-corrected chi connectivity index (χ4v) is 2.14. The molecule has 20 heavy (non-hydrogen) atoms. The molecule has 0 unspecified atom stereocenters. The van der Waals surface area contributed by atoms with Gasteiger partial charge in [-0.25, -0.2) is 4.68 Å². The van der Waals surface area contributed by atoms with Crippen molar-refractivity contribution in [2.24, 2.45) is 0 Å². The minimum absolute atomic E-state index is 0.0613. The molecule has 0 aliphatic carbocycles. The zero-order valence-corrected chi connectivity index (χ0v) is 11.6. The van der Waals surface area contributed by atoms with Gasteiger partial charge in [-0.3, -0.25) is 10.1 Å². The summed E-state index contributed by atoms with van der Waals surface area (Å²) in [6.45, 7) is 3.61. The van der Waals surface area contributed by atoms with E-state index in [1.54, 1.807) is 24.3 Å². The standard InChI is InChI=1S/C13H11ClN4O2/c1-8(2)11-12(18(19)20)13(14)17(16-11)10-5-3-4-9(6-10)7-15/h3-6,8H,1-2H3. The van der Waals surface area contributed by atoms with Crippen LogP contribution in [0.1, 0.15) is 31.0 Å². The van der Waals surface area contributed by atoms with Crippen molar-refractivity contribution in [3.05, 3.63) is 50.8 Å². The molecule has 0 aliphatic heterocycles. The molecule has 0 spiro atoms. The monoisotopic (exact) mass is 290 g/mol. The first kappa shape index (κ1) is 14.0. The van der Waals surface area contributed by atoms with Crippen molar-refractivity contribution in [3.8, 4) is 11.8 Å². The molecule has 0 fully saturated rings. The number of hydrogen-bond acceptors (Lipinski definition) is 4. The molecule has 0 amide bonds. The van der Waals surface area contributed by atoms with Crippen LogP contribution in [0.5, 0.6) is 0 Å². The van der Waals surface area contributed by atoms with Gasteiger partial charge in [-0.2, -0.15) is 10.4 Å². The van der Waals surface area contributed by atoms with Crippen molar-refractivity contribution in [3.63, 3.8) is 0 Å². The van der Waals surface area contributed by atoms with Gasteiger partial charge in [0.2, 0.25) is 5.15 Å². The van der Waals surface area contributed by atoms with E-state index in [0.29, 0.717) is 16.9 Å². The number of nitro groups is 1. The molecule has 102 valence electrons. The van der Waals surface area contributed by atoms with E-state index in [0.717, 1.165) is 0 Å². The van der Waals surface area contributed by atoms with E-state index < -0.39 is 4.92 Å². The van der Waals surface area contributed by atoms with Crippen molar-refractivity contribution in [2.45, 2.75) is 19.8 Å². The van der Waals surface area contributed by atoms with Crippen LogP contribution < -0.4 is 0 Å². The Bertz CT molecular complexity index is 716. The van der Waals surface area contributed by atoms with Crippen molar-refractivity contribution in [1.29, 1.82) is 5.26 Å². The van der Waals surface area contributed by atoms with Crippen molar-refractivity contribution in [2.75, 3.05) is 0 Å². The maximum absolute atomic E-state index is 11.1. The summed E-state index contributed by atoms with van der Waals surface area (Å²) < 4.78 is 1.29. The number of rotatable bonds is 3. The van der Waals surface area contributed by atoms with Crippen LogP contribution in [-0.2, 0) is 0 Å². The van der Waals surface area contributed by atoms with Gasteiger partial charge in [0.15, 0.2) is 0 Å². The Morgan fingerprint density at radius 3 is 2.70 bits per heavy atom. The largest absolute Gasteiger partial charge is 0.329 e. The molecule has 0 N–H and O–H groups in total. The number of nitriles is 1. The molecule has 2 aromatic rings. The van der Waals surface area contributed by atoms with Crippen LogP contribution in [0.15, 0.2) is 24.3 Å².